The van der Waals surface area contributed by atoms with Crippen molar-refractivity contribution in [2.24, 2.45) is 23.7 Å². The summed E-state index contributed by atoms with van der Waals surface area (Å²) < 4.78 is 12.2. The number of carbonyl (C=O) groups excluding carboxylic acids is 2. The van der Waals surface area contributed by atoms with E-state index in [0.29, 0.717) is 25.0 Å². The van der Waals surface area contributed by atoms with Crippen LogP contribution >= 0.6 is 0 Å². The first-order valence-electron chi connectivity index (χ1n) is 24.8. The molecule has 0 N–H and O–H groups in total. The van der Waals surface area contributed by atoms with Gasteiger partial charge in [-0.3, -0.25) is 9.59 Å². The zero-order valence-corrected chi connectivity index (χ0v) is 37.8. The van der Waals surface area contributed by atoms with Crippen molar-refractivity contribution in [2.75, 3.05) is 13.2 Å². The van der Waals surface area contributed by atoms with Gasteiger partial charge in [-0.1, -0.05) is 247 Å². The normalized spacial score (nSPS) is 13.8. The van der Waals surface area contributed by atoms with Crippen LogP contribution in [0.1, 0.15) is 273 Å². The highest BCUT2D eigenvalue weighted by molar-refractivity contribution is 5.82. The Balaban J connectivity index is 5.27. The molecule has 0 aliphatic rings. The summed E-state index contributed by atoms with van der Waals surface area (Å²) in [6, 6.07) is 0. The van der Waals surface area contributed by atoms with Crippen LogP contribution in [0.2, 0.25) is 0 Å². The average molecular weight is 763 g/mol. The number of carbonyl (C=O) groups is 2. The lowest BCUT2D eigenvalue weighted by Gasteiger charge is -2.26. The SMILES string of the molecule is CCCCCCCCCCCCCCCCC(C(=O)OCC(CC)CCCC)C(CCCCCCCCCCCCCC)C(=O)OCC(CC)CCCC. The summed E-state index contributed by atoms with van der Waals surface area (Å²) in [5.41, 5.74) is 0. The number of rotatable bonds is 43. The van der Waals surface area contributed by atoms with Crippen LogP contribution in [-0.2, 0) is 19.1 Å². The number of esters is 2. The van der Waals surface area contributed by atoms with Gasteiger partial charge in [-0.05, 0) is 37.5 Å². The smallest absolute Gasteiger partial charge is 0.309 e. The van der Waals surface area contributed by atoms with Crippen molar-refractivity contribution in [3.05, 3.63) is 0 Å². The first-order valence-corrected chi connectivity index (χ1v) is 24.8. The Morgan fingerprint density at radius 3 is 0.796 bits per heavy atom. The molecule has 4 atom stereocenters. The minimum atomic E-state index is -0.387. The Morgan fingerprint density at radius 1 is 0.315 bits per heavy atom. The van der Waals surface area contributed by atoms with Crippen LogP contribution in [0.3, 0.4) is 0 Å². The molecule has 0 saturated heterocycles. The predicted octanol–water partition coefficient (Wildman–Crippen LogP) is 16.7. The topological polar surface area (TPSA) is 52.6 Å². The molecule has 0 aromatic heterocycles. The van der Waals surface area contributed by atoms with Crippen LogP contribution in [0.5, 0.6) is 0 Å². The minimum Gasteiger partial charge on any atom is -0.465 e. The minimum absolute atomic E-state index is 0.140. The quantitative estimate of drug-likeness (QED) is 0.0458. The maximum absolute atomic E-state index is 14.0. The highest BCUT2D eigenvalue weighted by atomic mass is 16.5. The van der Waals surface area contributed by atoms with Crippen LogP contribution in [0, 0.1) is 23.7 Å². The van der Waals surface area contributed by atoms with Crippen molar-refractivity contribution in [1.82, 2.24) is 0 Å². The van der Waals surface area contributed by atoms with E-state index in [4.69, 9.17) is 9.47 Å². The summed E-state index contributed by atoms with van der Waals surface area (Å²) in [6.07, 6.45) is 44.3. The summed E-state index contributed by atoms with van der Waals surface area (Å²) in [6.45, 7) is 14.4. The highest BCUT2D eigenvalue weighted by Gasteiger charge is 2.36. The third kappa shape index (κ3) is 32.1. The van der Waals surface area contributed by atoms with Gasteiger partial charge in [0.15, 0.2) is 0 Å². The Morgan fingerprint density at radius 2 is 0.556 bits per heavy atom. The van der Waals surface area contributed by atoms with E-state index in [1.165, 1.54) is 154 Å². The molecule has 0 radical (unpaired) electrons. The number of hydrogen-bond donors (Lipinski definition) is 0. The van der Waals surface area contributed by atoms with Crippen LogP contribution in [-0.4, -0.2) is 25.2 Å². The van der Waals surface area contributed by atoms with E-state index >= 15 is 0 Å². The predicted molar refractivity (Wildman–Crippen MR) is 236 cm³/mol. The van der Waals surface area contributed by atoms with Crippen molar-refractivity contribution >= 4 is 11.9 Å². The van der Waals surface area contributed by atoms with Crippen LogP contribution in [0.25, 0.3) is 0 Å². The summed E-state index contributed by atoms with van der Waals surface area (Å²) in [7, 11) is 0. The van der Waals surface area contributed by atoms with Gasteiger partial charge in [0.25, 0.3) is 0 Å². The first-order chi connectivity index (χ1) is 26.5. The largest absolute Gasteiger partial charge is 0.465 e. The van der Waals surface area contributed by atoms with Gasteiger partial charge in [-0.15, -0.1) is 0 Å². The van der Waals surface area contributed by atoms with Gasteiger partial charge < -0.3 is 9.47 Å². The number of unbranched alkanes of at least 4 members (excludes halogenated alkanes) is 26. The van der Waals surface area contributed by atoms with Gasteiger partial charge in [-0.2, -0.15) is 0 Å². The van der Waals surface area contributed by atoms with Crippen molar-refractivity contribution in [2.45, 2.75) is 273 Å². The Hall–Kier alpha value is -1.06. The molecule has 0 heterocycles. The molecule has 0 saturated carbocycles. The Kier molecular flexibility index (Phi) is 40.8. The molecule has 0 bridgehead atoms. The molecule has 0 fully saturated rings. The van der Waals surface area contributed by atoms with E-state index in [-0.39, 0.29) is 23.8 Å². The van der Waals surface area contributed by atoms with Crippen molar-refractivity contribution in [1.29, 1.82) is 0 Å². The lowest BCUT2D eigenvalue weighted by Crippen LogP contribution is -2.34. The molecule has 0 spiro atoms. The molecule has 0 amide bonds. The molecule has 0 aliphatic heterocycles. The summed E-state index contributed by atoms with van der Waals surface area (Å²) >= 11 is 0. The van der Waals surface area contributed by atoms with Crippen LogP contribution in [0.4, 0.5) is 0 Å². The van der Waals surface area contributed by atoms with Crippen molar-refractivity contribution < 1.29 is 19.1 Å². The molecular formula is C50H98O4. The van der Waals surface area contributed by atoms with Gasteiger partial charge in [0, 0.05) is 0 Å². The third-order valence-corrected chi connectivity index (χ3v) is 12.3. The summed E-state index contributed by atoms with van der Waals surface area (Å²) in [5, 5.41) is 0. The van der Waals surface area contributed by atoms with Crippen LogP contribution < -0.4 is 0 Å². The molecule has 322 valence electrons. The standard InChI is InChI=1S/C50H98O4/c1-7-13-17-19-21-23-25-27-28-30-32-34-36-38-42-48(50(52)54-44-46(12-6)40-16-10-4)47(49(51)53-43-45(11-5)39-15-9-3)41-37-35-33-31-29-26-24-22-20-18-14-8-2/h45-48H,7-44H2,1-6H3. The second kappa shape index (κ2) is 41.6. The molecule has 0 aliphatic carbocycles. The zero-order chi connectivity index (χ0) is 39.7. The lowest BCUT2D eigenvalue weighted by atomic mass is 9.83. The molecule has 4 heteroatoms. The van der Waals surface area contributed by atoms with Gasteiger partial charge in [0.2, 0.25) is 0 Å². The summed E-state index contributed by atoms with van der Waals surface area (Å²) in [4.78, 5) is 27.9. The second-order valence-corrected chi connectivity index (χ2v) is 17.4. The van der Waals surface area contributed by atoms with Crippen molar-refractivity contribution in [3.8, 4) is 0 Å². The Labute approximate surface area is 339 Å². The van der Waals surface area contributed by atoms with E-state index < -0.39 is 0 Å². The molecular weight excluding hydrogens is 665 g/mol. The fourth-order valence-electron chi connectivity index (χ4n) is 8.14. The molecule has 4 unspecified atom stereocenters. The monoisotopic (exact) mass is 763 g/mol. The fraction of sp³-hybridized carbons (Fsp3) is 0.960. The van der Waals surface area contributed by atoms with E-state index in [1.54, 1.807) is 0 Å². The maximum atomic E-state index is 14.0. The van der Waals surface area contributed by atoms with E-state index in [1.807, 2.05) is 0 Å². The summed E-state index contributed by atoms with van der Waals surface area (Å²) in [5.74, 6) is -0.247. The van der Waals surface area contributed by atoms with E-state index in [2.05, 4.69) is 41.5 Å². The average Bonchev–Trinajstić information content (AvgIpc) is 3.18. The molecule has 0 aromatic rings. The number of ether oxygens (including phenoxy) is 2. The van der Waals surface area contributed by atoms with E-state index in [0.717, 1.165) is 77.0 Å². The molecule has 4 nitrogen and oxygen atoms in total. The van der Waals surface area contributed by atoms with Gasteiger partial charge in [0.1, 0.15) is 0 Å². The molecule has 0 rings (SSSR count). The second-order valence-electron chi connectivity index (χ2n) is 17.4. The molecule has 0 aromatic carbocycles. The zero-order valence-electron chi connectivity index (χ0n) is 37.8. The Bertz CT molecular complexity index is 781. The van der Waals surface area contributed by atoms with Crippen LogP contribution in [0.15, 0.2) is 0 Å². The van der Waals surface area contributed by atoms with Gasteiger partial charge >= 0.3 is 11.9 Å². The van der Waals surface area contributed by atoms with Gasteiger partial charge in [-0.25, -0.2) is 0 Å². The first kappa shape index (κ1) is 52.9. The highest BCUT2D eigenvalue weighted by Crippen LogP contribution is 2.30. The van der Waals surface area contributed by atoms with Crippen molar-refractivity contribution in [3.63, 3.8) is 0 Å². The third-order valence-electron chi connectivity index (χ3n) is 12.3. The maximum Gasteiger partial charge on any atom is 0.309 e. The number of hydrogen-bond acceptors (Lipinski definition) is 4. The van der Waals surface area contributed by atoms with Gasteiger partial charge in [0.05, 0.1) is 25.0 Å². The molecule has 54 heavy (non-hydrogen) atoms. The fourth-order valence-corrected chi connectivity index (χ4v) is 8.14. The lowest BCUT2D eigenvalue weighted by molar-refractivity contribution is -0.163. The van der Waals surface area contributed by atoms with E-state index in [9.17, 15) is 9.59 Å².